The summed E-state index contributed by atoms with van der Waals surface area (Å²) in [6.07, 6.45) is 3.88. The fraction of sp³-hybridized carbons (Fsp3) is 0.300. The molecule has 5 heteroatoms. The molecule has 0 saturated carbocycles. The van der Waals surface area contributed by atoms with Gasteiger partial charge in [0.15, 0.2) is 0 Å². The van der Waals surface area contributed by atoms with Gasteiger partial charge in [-0.15, -0.1) is 0 Å². The van der Waals surface area contributed by atoms with Crippen LogP contribution in [0.1, 0.15) is 11.4 Å². The smallest absolute Gasteiger partial charge is 0.0866 e. The average Bonchev–Trinajstić information content (AvgIpc) is 2.76. The van der Waals surface area contributed by atoms with E-state index < -0.39 is 0 Å². The van der Waals surface area contributed by atoms with Crippen LogP contribution >= 0.6 is 11.6 Å². The second-order valence-corrected chi connectivity index (χ2v) is 3.77. The number of halogens is 1. The largest absolute Gasteiger partial charge is 0.320 e. The summed E-state index contributed by atoms with van der Waals surface area (Å²) in [7, 11) is 1.89. The Morgan fingerprint density at radius 1 is 1.40 bits per heavy atom. The summed E-state index contributed by atoms with van der Waals surface area (Å²) < 4.78 is 3.69. The SMILES string of the molecule is Cc1nn(C)c(CNn2cccc2)c1Cl. The van der Waals surface area contributed by atoms with Crippen LogP contribution in [0.3, 0.4) is 0 Å². The Morgan fingerprint density at radius 2 is 2.07 bits per heavy atom. The second-order valence-electron chi connectivity index (χ2n) is 3.39. The lowest BCUT2D eigenvalue weighted by Gasteiger charge is -2.07. The Hall–Kier alpha value is -1.42. The maximum atomic E-state index is 6.12. The predicted molar refractivity (Wildman–Crippen MR) is 60.5 cm³/mol. The van der Waals surface area contributed by atoms with E-state index in [2.05, 4.69) is 10.5 Å². The van der Waals surface area contributed by atoms with Gasteiger partial charge < -0.3 is 5.43 Å². The fourth-order valence-electron chi connectivity index (χ4n) is 1.48. The maximum Gasteiger partial charge on any atom is 0.0866 e. The Labute approximate surface area is 93.4 Å². The van der Waals surface area contributed by atoms with Crippen molar-refractivity contribution in [1.82, 2.24) is 14.5 Å². The standard InChI is InChI=1S/C10H13ClN4/c1-8-10(11)9(14(2)13-8)7-12-15-5-3-4-6-15/h3-6,12H,7H2,1-2H3. The van der Waals surface area contributed by atoms with E-state index in [0.29, 0.717) is 6.54 Å². The Kier molecular flexibility index (Phi) is 2.68. The van der Waals surface area contributed by atoms with Gasteiger partial charge in [0, 0.05) is 19.4 Å². The topological polar surface area (TPSA) is 34.8 Å². The summed E-state index contributed by atoms with van der Waals surface area (Å²) in [6.45, 7) is 2.56. The number of aromatic nitrogens is 3. The van der Waals surface area contributed by atoms with E-state index in [-0.39, 0.29) is 0 Å². The first-order valence-electron chi connectivity index (χ1n) is 4.73. The van der Waals surface area contributed by atoms with E-state index in [1.165, 1.54) is 0 Å². The molecule has 0 atom stereocenters. The van der Waals surface area contributed by atoms with Crippen LogP contribution < -0.4 is 5.43 Å². The van der Waals surface area contributed by atoms with Crippen molar-refractivity contribution in [2.24, 2.45) is 7.05 Å². The zero-order chi connectivity index (χ0) is 10.8. The minimum Gasteiger partial charge on any atom is -0.320 e. The summed E-state index contributed by atoms with van der Waals surface area (Å²) >= 11 is 6.12. The molecular weight excluding hydrogens is 212 g/mol. The van der Waals surface area contributed by atoms with Gasteiger partial charge in [0.1, 0.15) is 0 Å². The summed E-state index contributed by atoms with van der Waals surface area (Å²) in [5.41, 5.74) is 5.06. The van der Waals surface area contributed by atoms with Crippen LogP contribution in [0.2, 0.25) is 5.02 Å². The minimum atomic E-state index is 0.658. The molecule has 0 spiro atoms. The van der Waals surface area contributed by atoms with Crippen molar-refractivity contribution in [1.29, 1.82) is 0 Å². The molecule has 2 rings (SSSR count). The first-order chi connectivity index (χ1) is 7.18. The van der Waals surface area contributed by atoms with Gasteiger partial charge >= 0.3 is 0 Å². The second kappa shape index (κ2) is 3.98. The average molecular weight is 225 g/mol. The van der Waals surface area contributed by atoms with E-state index in [0.717, 1.165) is 16.4 Å². The number of rotatable bonds is 3. The zero-order valence-electron chi connectivity index (χ0n) is 8.74. The number of hydrogen-bond donors (Lipinski definition) is 1. The molecule has 0 aliphatic rings. The van der Waals surface area contributed by atoms with Gasteiger partial charge in [-0.3, -0.25) is 9.36 Å². The van der Waals surface area contributed by atoms with Crippen molar-refractivity contribution in [3.63, 3.8) is 0 Å². The molecule has 0 fully saturated rings. The first kappa shape index (κ1) is 10.1. The predicted octanol–water partition coefficient (Wildman–Crippen LogP) is 1.93. The third kappa shape index (κ3) is 1.99. The molecule has 0 radical (unpaired) electrons. The molecule has 2 heterocycles. The van der Waals surface area contributed by atoms with Crippen LogP contribution in [0.5, 0.6) is 0 Å². The molecule has 80 valence electrons. The molecule has 0 aliphatic heterocycles. The lowest BCUT2D eigenvalue weighted by Crippen LogP contribution is -2.14. The summed E-state index contributed by atoms with van der Waals surface area (Å²) in [4.78, 5) is 0. The fourth-order valence-corrected chi connectivity index (χ4v) is 1.71. The van der Waals surface area contributed by atoms with Crippen LogP contribution in [0, 0.1) is 6.92 Å². The van der Waals surface area contributed by atoms with Crippen LogP contribution in [-0.2, 0) is 13.6 Å². The van der Waals surface area contributed by atoms with Gasteiger partial charge in [0.2, 0.25) is 0 Å². The number of aryl methyl sites for hydroxylation is 2. The molecular formula is C10H13ClN4. The number of nitrogens with zero attached hydrogens (tertiary/aromatic N) is 3. The lowest BCUT2D eigenvalue weighted by atomic mass is 10.3. The van der Waals surface area contributed by atoms with Gasteiger partial charge in [-0.2, -0.15) is 5.10 Å². The van der Waals surface area contributed by atoms with E-state index >= 15 is 0 Å². The van der Waals surface area contributed by atoms with Gasteiger partial charge in [0.25, 0.3) is 0 Å². The van der Waals surface area contributed by atoms with Crippen molar-refractivity contribution in [3.8, 4) is 0 Å². The molecule has 2 aromatic rings. The summed E-state index contributed by atoms with van der Waals surface area (Å²) in [6, 6.07) is 3.92. The Balaban J connectivity index is 2.11. The zero-order valence-corrected chi connectivity index (χ0v) is 9.49. The first-order valence-corrected chi connectivity index (χ1v) is 5.11. The molecule has 4 nitrogen and oxygen atoms in total. The van der Waals surface area contributed by atoms with Crippen molar-refractivity contribution < 1.29 is 0 Å². The molecule has 0 aliphatic carbocycles. The third-order valence-electron chi connectivity index (χ3n) is 2.30. The maximum absolute atomic E-state index is 6.12. The van der Waals surface area contributed by atoms with Crippen molar-refractivity contribution in [3.05, 3.63) is 40.9 Å². The Bertz CT molecular complexity index is 444. The van der Waals surface area contributed by atoms with Crippen molar-refractivity contribution in [2.75, 3.05) is 5.43 Å². The van der Waals surface area contributed by atoms with E-state index in [1.807, 2.05) is 43.2 Å². The van der Waals surface area contributed by atoms with E-state index in [9.17, 15) is 0 Å². The van der Waals surface area contributed by atoms with Crippen LogP contribution in [0.25, 0.3) is 0 Å². The Morgan fingerprint density at radius 3 is 2.60 bits per heavy atom. The third-order valence-corrected chi connectivity index (χ3v) is 2.79. The molecule has 2 aromatic heterocycles. The monoisotopic (exact) mass is 224 g/mol. The van der Waals surface area contributed by atoms with E-state index in [1.54, 1.807) is 4.68 Å². The van der Waals surface area contributed by atoms with Crippen LogP contribution in [0.15, 0.2) is 24.5 Å². The summed E-state index contributed by atoms with van der Waals surface area (Å²) in [5.74, 6) is 0. The molecule has 0 amide bonds. The molecule has 0 saturated heterocycles. The molecule has 0 bridgehead atoms. The lowest BCUT2D eigenvalue weighted by molar-refractivity contribution is 0.693. The van der Waals surface area contributed by atoms with Crippen molar-refractivity contribution in [2.45, 2.75) is 13.5 Å². The molecule has 0 aromatic carbocycles. The molecule has 15 heavy (non-hydrogen) atoms. The van der Waals surface area contributed by atoms with Crippen molar-refractivity contribution >= 4 is 11.6 Å². The highest BCUT2D eigenvalue weighted by molar-refractivity contribution is 6.31. The van der Waals surface area contributed by atoms with Gasteiger partial charge in [0.05, 0.1) is 23.0 Å². The summed E-state index contributed by atoms with van der Waals surface area (Å²) in [5, 5.41) is 4.98. The number of nitrogens with one attached hydrogen (secondary N) is 1. The number of hydrogen-bond acceptors (Lipinski definition) is 2. The highest BCUT2D eigenvalue weighted by Gasteiger charge is 2.09. The van der Waals surface area contributed by atoms with Gasteiger partial charge in [-0.05, 0) is 19.1 Å². The molecule has 1 N–H and O–H groups in total. The van der Waals surface area contributed by atoms with E-state index in [4.69, 9.17) is 11.6 Å². The van der Waals surface area contributed by atoms with Crippen LogP contribution in [-0.4, -0.2) is 14.5 Å². The van der Waals surface area contributed by atoms with Gasteiger partial charge in [-0.25, -0.2) is 0 Å². The minimum absolute atomic E-state index is 0.658. The highest BCUT2D eigenvalue weighted by Crippen LogP contribution is 2.19. The quantitative estimate of drug-likeness (QED) is 0.865. The highest BCUT2D eigenvalue weighted by atomic mass is 35.5. The van der Waals surface area contributed by atoms with Gasteiger partial charge in [-0.1, -0.05) is 11.6 Å². The molecule has 0 unspecified atom stereocenters. The van der Waals surface area contributed by atoms with Crippen LogP contribution in [0.4, 0.5) is 0 Å². The normalized spacial score (nSPS) is 10.6.